The van der Waals surface area contributed by atoms with Crippen LogP contribution in [0.1, 0.15) is 32.1 Å². The first-order valence-corrected chi connectivity index (χ1v) is 5.08. The van der Waals surface area contributed by atoms with Crippen molar-refractivity contribution >= 4 is 0 Å². The lowest BCUT2D eigenvalue weighted by molar-refractivity contribution is 0.500. The highest BCUT2D eigenvalue weighted by atomic mass is 16.3. The first-order chi connectivity index (χ1) is 6.38. The smallest absolute Gasteiger partial charge is 0.108 e. The first-order valence-electron chi connectivity index (χ1n) is 5.08. The molecular formula is C11H21NO. The molecule has 1 N–H and O–H groups in total. The van der Waals surface area contributed by atoms with Crippen LogP contribution < -0.4 is 5.32 Å². The Balaban J connectivity index is 0.000000671. The van der Waals surface area contributed by atoms with Gasteiger partial charge in [0.1, 0.15) is 5.76 Å². The highest BCUT2D eigenvalue weighted by molar-refractivity contribution is 5.16. The molecule has 76 valence electrons. The third-order valence-corrected chi connectivity index (χ3v) is 1.82. The van der Waals surface area contributed by atoms with Crippen LogP contribution in [0.2, 0.25) is 0 Å². The zero-order valence-corrected chi connectivity index (χ0v) is 9.18. The van der Waals surface area contributed by atoms with Gasteiger partial charge in [0.05, 0.1) is 6.26 Å². The molecule has 0 aromatic carbocycles. The third-order valence-electron chi connectivity index (χ3n) is 1.82. The van der Waals surface area contributed by atoms with Gasteiger partial charge in [0.2, 0.25) is 0 Å². The monoisotopic (exact) mass is 183 g/mol. The van der Waals surface area contributed by atoms with E-state index in [0.717, 1.165) is 25.1 Å². The van der Waals surface area contributed by atoms with Crippen LogP contribution in [-0.4, -0.2) is 13.6 Å². The molecule has 0 aliphatic carbocycles. The molecule has 0 amide bonds. The SMILES string of the molecule is CC.CCc1ccoc1CCNC. The summed E-state index contributed by atoms with van der Waals surface area (Å²) in [4.78, 5) is 0. The van der Waals surface area contributed by atoms with Gasteiger partial charge in [-0.15, -0.1) is 0 Å². The zero-order chi connectivity index (χ0) is 10.1. The standard InChI is InChI=1S/C9H15NO.C2H6/c1-3-8-5-7-11-9(8)4-6-10-2;1-2/h5,7,10H,3-4,6H2,1-2H3;1-2H3. The lowest BCUT2D eigenvalue weighted by Crippen LogP contribution is -2.10. The highest BCUT2D eigenvalue weighted by Crippen LogP contribution is 2.10. The number of hydrogen-bond donors (Lipinski definition) is 1. The summed E-state index contributed by atoms with van der Waals surface area (Å²) in [6.45, 7) is 7.13. The summed E-state index contributed by atoms with van der Waals surface area (Å²) in [6.07, 6.45) is 3.83. The average molecular weight is 183 g/mol. The van der Waals surface area contributed by atoms with Crippen LogP contribution in [-0.2, 0) is 12.8 Å². The van der Waals surface area contributed by atoms with Gasteiger partial charge in [-0.25, -0.2) is 0 Å². The van der Waals surface area contributed by atoms with Gasteiger partial charge >= 0.3 is 0 Å². The Kier molecular flexibility index (Phi) is 7.41. The van der Waals surface area contributed by atoms with E-state index in [0.29, 0.717) is 0 Å². The Labute approximate surface area is 81.3 Å². The molecule has 0 aliphatic rings. The Morgan fingerprint density at radius 3 is 2.62 bits per heavy atom. The molecule has 0 fully saturated rings. The fraction of sp³-hybridized carbons (Fsp3) is 0.636. The Hall–Kier alpha value is -0.760. The van der Waals surface area contributed by atoms with E-state index < -0.39 is 0 Å². The van der Waals surface area contributed by atoms with Gasteiger partial charge in [-0.1, -0.05) is 20.8 Å². The molecule has 13 heavy (non-hydrogen) atoms. The summed E-state index contributed by atoms with van der Waals surface area (Å²) < 4.78 is 5.32. The minimum atomic E-state index is 0.987. The van der Waals surface area contributed by atoms with Gasteiger partial charge in [-0.3, -0.25) is 0 Å². The van der Waals surface area contributed by atoms with E-state index in [9.17, 15) is 0 Å². The molecule has 0 spiro atoms. The summed E-state index contributed by atoms with van der Waals surface area (Å²) >= 11 is 0. The fourth-order valence-electron chi connectivity index (χ4n) is 1.14. The Morgan fingerprint density at radius 2 is 2.08 bits per heavy atom. The van der Waals surface area contributed by atoms with Crippen LogP contribution in [0.3, 0.4) is 0 Å². The predicted molar refractivity (Wildman–Crippen MR) is 57.1 cm³/mol. The highest BCUT2D eigenvalue weighted by Gasteiger charge is 2.01. The summed E-state index contributed by atoms with van der Waals surface area (Å²) in [6, 6.07) is 2.05. The van der Waals surface area contributed by atoms with Crippen molar-refractivity contribution in [1.82, 2.24) is 5.32 Å². The van der Waals surface area contributed by atoms with E-state index >= 15 is 0 Å². The van der Waals surface area contributed by atoms with E-state index in [1.807, 2.05) is 27.0 Å². The van der Waals surface area contributed by atoms with Crippen molar-refractivity contribution in [2.75, 3.05) is 13.6 Å². The Bertz CT molecular complexity index is 206. The average Bonchev–Trinajstić information content (AvgIpc) is 2.65. The van der Waals surface area contributed by atoms with E-state index in [1.54, 1.807) is 6.26 Å². The van der Waals surface area contributed by atoms with E-state index in [4.69, 9.17) is 4.42 Å². The number of likely N-dealkylation sites (N-methyl/N-ethyl adjacent to an activating group) is 1. The van der Waals surface area contributed by atoms with Gasteiger partial charge in [-0.2, -0.15) is 0 Å². The topological polar surface area (TPSA) is 25.2 Å². The second-order valence-electron chi connectivity index (χ2n) is 2.58. The number of aryl methyl sites for hydroxylation is 1. The number of rotatable bonds is 4. The maximum Gasteiger partial charge on any atom is 0.108 e. The second-order valence-corrected chi connectivity index (χ2v) is 2.58. The van der Waals surface area contributed by atoms with E-state index in [-0.39, 0.29) is 0 Å². The quantitative estimate of drug-likeness (QED) is 0.776. The van der Waals surface area contributed by atoms with Crippen molar-refractivity contribution in [1.29, 1.82) is 0 Å². The molecule has 1 heterocycles. The molecule has 0 aliphatic heterocycles. The lowest BCUT2D eigenvalue weighted by Gasteiger charge is -1.98. The second kappa shape index (κ2) is 7.87. The summed E-state index contributed by atoms with van der Waals surface area (Å²) in [7, 11) is 1.95. The lowest BCUT2D eigenvalue weighted by atomic mass is 10.1. The van der Waals surface area contributed by atoms with Crippen molar-refractivity contribution in [3.05, 3.63) is 23.7 Å². The predicted octanol–water partition coefficient (Wildman–Crippen LogP) is 2.63. The van der Waals surface area contributed by atoms with Crippen LogP contribution in [0.15, 0.2) is 16.7 Å². The normalized spacial score (nSPS) is 9.23. The first kappa shape index (κ1) is 12.2. The van der Waals surface area contributed by atoms with Crippen molar-refractivity contribution in [2.24, 2.45) is 0 Å². The van der Waals surface area contributed by atoms with Crippen LogP contribution in [0.5, 0.6) is 0 Å². The molecule has 0 radical (unpaired) electrons. The van der Waals surface area contributed by atoms with Gasteiger partial charge in [0.25, 0.3) is 0 Å². The van der Waals surface area contributed by atoms with Crippen molar-refractivity contribution in [2.45, 2.75) is 33.6 Å². The largest absolute Gasteiger partial charge is 0.469 e. The van der Waals surface area contributed by atoms with Gasteiger partial charge in [-0.05, 0) is 25.1 Å². The van der Waals surface area contributed by atoms with Crippen molar-refractivity contribution < 1.29 is 4.42 Å². The molecular weight excluding hydrogens is 162 g/mol. The van der Waals surface area contributed by atoms with Crippen LogP contribution in [0, 0.1) is 0 Å². The molecule has 0 atom stereocenters. The van der Waals surface area contributed by atoms with Crippen LogP contribution in [0.4, 0.5) is 0 Å². The maximum absolute atomic E-state index is 5.32. The minimum absolute atomic E-state index is 0.987. The van der Waals surface area contributed by atoms with Gasteiger partial charge < -0.3 is 9.73 Å². The van der Waals surface area contributed by atoms with Gasteiger partial charge in [0.15, 0.2) is 0 Å². The molecule has 0 saturated carbocycles. The van der Waals surface area contributed by atoms with Crippen LogP contribution in [0.25, 0.3) is 0 Å². The molecule has 2 nitrogen and oxygen atoms in total. The maximum atomic E-state index is 5.32. The zero-order valence-electron chi connectivity index (χ0n) is 9.18. The van der Waals surface area contributed by atoms with Crippen LogP contribution >= 0.6 is 0 Å². The summed E-state index contributed by atoms with van der Waals surface area (Å²) in [5, 5.41) is 3.10. The summed E-state index contributed by atoms with van der Waals surface area (Å²) in [5.74, 6) is 1.13. The fourth-order valence-corrected chi connectivity index (χ4v) is 1.14. The number of hydrogen-bond acceptors (Lipinski definition) is 2. The molecule has 1 rings (SSSR count). The number of furan rings is 1. The van der Waals surface area contributed by atoms with Crippen molar-refractivity contribution in [3.63, 3.8) is 0 Å². The Morgan fingerprint density at radius 1 is 1.38 bits per heavy atom. The molecule has 1 aromatic heterocycles. The number of nitrogens with one attached hydrogen (secondary N) is 1. The molecule has 0 bridgehead atoms. The van der Waals surface area contributed by atoms with E-state index in [1.165, 1.54) is 5.56 Å². The van der Waals surface area contributed by atoms with Gasteiger partial charge in [0, 0.05) is 13.0 Å². The third kappa shape index (κ3) is 4.13. The summed E-state index contributed by atoms with van der Waals surface area (Å²) in [5.41, 5.74) is 1.33. The molecule has 0 saturated heterocycles. The molecule has 1 aromatic rings. The van der Waals surface area contributed by atoms with E-state index in [2.05, 4.69) is 12.2 Å². The molecule has 2 heteroatoms. The molecule has 0 unspecified atom stereocenters. The van der Waals surface area contributed by atoms with Crippen molar-refractivity contribution in [3.8, 4) is 0 Å². The minimum Gasteiger partial charge on any atom is -0.469 e.